The number of fused-ring (bicyclic) bond motifs is 5. The van der Waals surface area contributed by atoms with E-state index < -0.39 is 0 Å². The van der Waals surface area contributed by atoms with Crippen LogP contribution in [0.5, 0.6) is 0 Å². The average Bonchev–Trinajstić information content (AvgIpc) is 2.84. The number of hydrogen-bond acceptors (Lipinski definition) is 3. The lowest BCUT2D eigenvalue weighted by atomic mass is 9.40. The topological polar surface area (TPSA) is 57.9 Å². The van der Waals surface area contributed by atoms with E-state index in [0.717, 1.165) is 44.9 Å². The number of rotatable bonds is 0. The Balaban J connectivity index is 1.77. The van der Waals surface area contributed by atoms with Crippen LogP contribution in [0.4, 0.5) is 0 Å². The largest absolute Gasteiger partial charge is 0.300 e. The maximum atomic E-state index is 12.5. The van der Waals surface area contributed by atoms with Crippen LogP contribution in [0, 0.1) is 45.3 Å². The first-order chi connectivity index (χ1) is 10.9. The molecule has 6 atom stereocenters. The van der Waals surface area contributed by atoms with Crippen LogP contribution in [0.2, 0.25) is 0 Å². The summed E-state index contributed by atoms with van der Waals surface area (Å²) in [7, 11) is 0. The number of ketones is 2. The van der Waals surface area contributed by atoms with E-state index in [1.54, 1.807) is 0 Å². The molecule has 0 N–H and O–H groups in total. The second-order valence-corrected chi connectivity index (χ2v) is 9.16. The molecule has 0 heterocycles. The summed E-state index contributed by atoms with van der Waals surface area (Å²) in [4.78, 5) is 24.5. The predicted molar refractivity (Wildman–Crippen MR) is 86.3 cm³/mol. The highest BCUT2D eigenvalue weighted by Crippen LogP contribution is 2.70. The van der Waals surface area contributed by atoms with Crippen molar-refractivity contribution in [2.24, 2.45) is 34.0 Å². The first kappa shape index (κ1) is 15.4. The molecule has 0 unspecified atom stereocenters. The summed E-state index contributed by atoms with van der Waals surface area (Å²) in [6, 6.07) is 2.77. The van der Waals surface area contributed by atoms with E-state index in [1.165, 1.54) is 0 Å². The van der Waals surface area contributed by atoms with Gasteiger partial charge >= 0.3 is 0 Å². The van der Waals surface area contributed by atoms with Gasteiger partial charge in [-0.05, 0) is 61.7 Å². The highest BCUT2D eigenvalue weighted by Gasteiger charge is 2.67. The zero-order valence-corrected chi connectivity index (χ0v) is 14.4. The summed E-state index contributed by atoms with van der Waals surface area (Å²) in [5, 5.41) is 10.3. The molecule has 4 aliphatic rings. The van der Waals surface area contributed by atoms with Crippen LogP contribution in [0.1, 0.15) is 71.6 Å². The van der Waals surface area contributed by atoms with Crippen molar-refractivity contribution in [1.82, 2.24) is 0 Å². The number of carbonyl (C=O) groups excluding carboxylic acids is 2. The summed E-state index contributed by atoms with van der Waals surface area (Å²) in [6.07, 6.45) is 7.74. The molecule has 23 heavy (non-hydrogen) atoms. The lowest BCUT2D eigenvalue weighted by molar-refractivity contribution is -0.157. The minimum Gasteiger partial charge on any atom is -0.300 e. The monoisotopic (exact) mass is 313 g/mol. The molecule has 0 aromatic rings. The molecule has 0 radical (unpaired) electrons. The summed E-state index contributed by atoms with van der Waals surface area (Å²) in [6.45, 7) is 4.47. The minimum atomic E-state index is -0.329. The summed E-state index contributed by atoms with van der Waals surface area (Å²) in [5.74, 6) is 1.87. The molecule has 4 fully saturated rings. The Morgan fingerprint density at radius 2 is 1.78 bits per heavy atom. The van der Waals surface area contributed by atoms with Crippen molar-refractivity contribution < 1.29 is 9.59 Å². The molecule has 0 amide bonds. The van der Waals surface area contributed by atoms with Gasteiger partial charge in [0, 0.05) is 24.7 Å². The van der Waals surface area contributed by atoms with E-state index in [0.29, 0.717) is 36.2 Å². The van der Waals surface area contributed by atoms with Gasteiger partial charge in [-0.15, -0.1) is 0 Å². The third-order valence-electron chi connectivity index (χ3n) is 8.52. The molecule has 0 spiro atoms. The SMILES string of the molecule is C[C@]12CCC(=O)C[C@@H]1CC[C@]1(C#N)[C@@H]2CC[C@]2(C)C(=O)CC[C@@H]12. The van der Waals surface area contributed by atoms with Crippen LogP contribution in [0.25, 0.3) is 0 Å². The molecule has 4 aliphatic carbocycles. The van der Waals surface area contributed by atoms with Crippen molar-refractivity contribution in [1.29, 1.82) is 5.26 Å². The number of nitriles is 1. The Labute approximate surface area is 138 Å². The van der Waals surface area contributed by atoms with Crippen molar-refractivity contribution >= 4 is 11.6 Å². The quantitative estimate of drug-likeness (QED) is 0.677. The van der Waals surface area contributed by atoms with Gasteiger partial charge in [0.25, 0.3) is 0 Å². The molecule has 0 aliphatic heterocycles. The minimum absolute atomic E-state index is 0.120. The van der Waals surface area contributed by atoms with Gasteiger partial charge in [0.15, 0.2) is 0 Å². The van der Waals surface area contributed by atoms with Crippen LogP contribution in [-0.4, -0.2) is 11.6 Å². The van der Waals surface area contributed by atoms with Crippen LogP contribution in [0.15, 0.2) is 0 Å². The maximum absolute atomic E-state index is 12.5. The highest BCUT2D eigenvalue weighted by atomic mass is 16.1. The molecule has 124 valence electrons. The molecule has 0 saturated heterocycles. The second-order valence-electron chi connectivity index (χ2n) is 9.16. The predicted octanol–water partition coefficient (Wildman–Crippen LogP) is 4.06. The summed E-state index contributed by atoms with van der Waals surface area (Å²) in [5.41, 5.74) is -0.473. The molecular weight excluding hydrogens is 286 g/mol. The molecule has 0 aromatic carbocycles. The fraction of sp³-hybridized carbons (Fsp3) is 0.850. The van der Waals surface area contributed by atoms with Gasteiger partial charge in [0.05, 0.1) is 11.5 Å². The zero-order valence-electron chi connectivity index (χ0n) is 14.4. The summed E-state index contributed by atoms with van der Waals surface area (Å²) >= 11 is 0. The van der Waals surface area contributed by atoms with E-state index >= 15 is 0 Å². The number of nitrogens with zero attached hydrogens (tertiary/aromatic N) is 1. The van der Waals surface area contributed by atoms with Gasteiger partial charge < -0.3 is 0 Å². The Morgan fingerprint density at radius 1 is 1.00 bits per heavy atom. The van der Waals surface area contributed by atoms with E-state index in [9.17, 15) is 14.9 Å². The first-order valence-electron chi connectivity index (χ1n) is 9.33. The molecule has 0 aromatic heterocycles. The van der Waals surface area contributed by atoms with Gasteiger partial charge in [-0.3, -0.25) is 9.59 Å². The second kappa shape index (κ2) is 4.68. The third-order valence-corrected chi connectivity index (χ3v) is 8.52. The standard InChI is InChI=1S/C20H27NO2/c1-18-8-6-14(22)11-13(18)5-10-20(12-21)15-3-4-17(23)19(15,2)9-7-16(18)20/h13,15-16H,3-11H2,1-2H3/t13-,15+,16+,18-,19-,20+/m0/s1. The van der Waals surface area contributed by atoms with E-state index in [-0.39, 0.29) is 22.2 Å². The normalized spacial score (nSPS) is 52.3. The lowest BCUT2D eigenvalue weighted by Crippen LogP contribution is -2.59. The lowest BCUT2D eigenvalue weighted by Gasteiger charge is -2.62. The fourth-order valence-corrected chi connectivity index (χ4v) is 7.16. The third kappa shape index (κ3) is 1.76. The van der Waals surface area contributed by atoms with Gasteiger partial charge in [-0.25, -0.2) is 0 Å². The van der Waals surface area contributed by atoms with Gasteiger partial charge in [-0.2, -0.15) is 5.26 Å². The average molecular weight is 313 g/mol. The molecule has 3 nitrogen and oxygen atoms in total. The van der Waals surface area contributed by atoms with Gasteiger partial charge in [-0.1, -0.05) is 13.8 Å². The molecule has 3 heteroatoms. The molecular formula is C20H27NO2. The van der Waals surface area contributed by atoms with Crippen LogP contribution < -0.4 is 0 Å². The summed E-state index contributed by atoms with van der Waals surface area (Å²) < 4.78 is 0. The smallest absolute Gasteiger partial charge is 0.139 e. The van der Waals surface area contributed by atoms with E-state index in [2.05, 4.69) is 19.9 Å². The van der Waals surface area contributed by atoms with Crippen molar-refractivity contribution in [2.75, 3.05) is 0 Å². The Bertz CT molecular complexity index is 620. The first-order valence-corrected chi connectivity index (χ1v) is 9.33. The Morgan fingerprint density at radius 3 is 2.52 bits per heavy atom. The van der Waals surface area contributed by atoms with Crippen molar-refractivity contribution in [3.63, 3.8) is 0 Å². The van der Waals surface area contributed by atoms with E-state index in [1.807, 2.05) is 0 Å². The molecule has 4 rings (SSSR count). The molecule has 0 bridgehead atoms. The number of Topliss-reactive ketones (excluding diaryl/α,β-unsaturated/α-hetero) is 2. The van der Waals surface area contributed by atoms with Crippen molar-refractivity contribution in [3.05, 3.63) is 0 Å². The zero-order chi connectivity index (χ0) is 16.5. The van der Waals surface area contributed by atoms with Crippen LogP contribution >= 0.6 is 0 Å². The molecule has 4 saturated carbocycles. The van der Waals surface area contributed by atoms with Gasteiger partial charge in [0.2, 0.25) is 0 Å². The fourth-order valence-electron chi connectivity index (χ4n) is 7.16. The number of carbonyl (C=O) groups is 2. The van der Waals surface area contributed by atoms with Crippen molar-refractivity contribution in [2.45, 2.75) is 71.6 Å². The maximum Gasteiger partial charge on any atom is 0.139 e. The Kier molecular flexibility index (Phi) is 3.13. The van der Waals surface area contributed by atoms with Crippen LogP contribution in [-0.2, 0) is 9.59 Å². The van der Waals surface area contributed by atoms with Gasteiger partial charge in [0.1, 0.15) is 11.6 Å². The van der Waals surface area contributed by atoms with Crippen molar-refractivity contribution in [3.8, 4) is 6.07 Å². The van der Waals surface area contributed by atoms with E-state index in [4.69, 9.17) is 0 Å². The number of hydrogen-bond donors (Lipinski definition) is 0. The Hall–Kier alpha value is -1.17. The van der Waals surface area contributed by atoms with Crippen LogP contribution in [0.3, 0.4) is 0 Å². The highest BCUT2D eigenvalue weighted by molar-refractivity contribution is 5.87.